The number of halogens is 2. The molecule has 2 aromatic carbocycles. The quantitative estimate of drug-likeness (QED) is 0.429. The van der Waals surface area contributed by atoms with E-state index in [9.17, 15) is 19.5 Å². The molecule has 0 bridgehead atoms. The zero-order valence-corrected chi connectivity index (χ0v) is 17.0. The number of carbonyl (C=O) groups is 3. The molecule has 2 aromatic rings. The first-order chi connectivity index (χ1) is 13.8. The SMILES string of the molecule is CC(=O)NCCN1C(=O)C(=O)/C(=C(/O)c2ccc(Cl)cc2)C1c1ccc(Cl)cc1. The van der Waals surface area contributed by atoms with E-state index >= 15 is 0 Å². The molecule has 1 fully saturated rings. The smallest absolute Gasteiger partial charge is 0.295 e. The van der Waals surface area contributed by atoms with E-state index in [0.29, 0.717) is 21.2 Å². The lowest BCUT2D eigenvalue weighted by Gasteiger charge is -2.25. The molecule has 1 aliphatic heterocycles. The van der Waals surface area contributed by atoms with Crippen molar-refractivity contribution in [3.63, 3.8) is 0 Å². The van der Waals surface area contributed by atoms with Gasteiger partial charge in [-0.1, -0.05) is 35.3 Å². The Kier molecular flexibility index (Phi) is 6.25. The number of hydrogen-bond acceptors (Lipinski definition) is 4. The fourth-order valence-corrected chi connectivity index (χ4v) is 3.47. The lowest BCUT2D eigenvalue weighted by molar-refractivity contribution is -0.139. The van der Waals surface area contributed by atoms with Gasteiger partial charge in [0.05, 0.1) is 11.6 Å². The number of Topliss-reactive ketones (excluding diaryl/α,β-unsaturated/α-hetero) is 1. The van der Waals surface area contributed by atoms with Crippen LogP contribution in [0.15, 0.2) is 54.1 Å². The maximum atomic E-state index is 12.8. The summed E-state index contributed by atoms with van der Waals surface area (Å²) in [5.41, 5.74) is 0.961. The highest BCUT2D eigenvalue weighted by Crippen LogP contribution is 2.39. The second kappa shape index (κ2) is 8.68. The van der Waals surface area contributed by atoms with Crippen molar-refractivity contribution in [3.05, 3.63) is 75.3 Å². The minimum absolute atomic E-state index is 0.0255. The molecule has 0 aromatic heterocycles. The molecule has 150 valence electrons. The molecule has 1 aliphatic rings. The molecule has 8 heteroatoms. The number of aliphatic hydroxyl groups excluding tert-OH is 1. The van der Waals surface area contributed by atoms with E-state index in [2.05, 4.69) is 5.32 Å². The van der Waals surface area contributed by atoms with Gasteiger partial charge in [0.15, 0.2) is 0 Å². The fourth-order valence-electron chi connectivity index (χ4n) is 3.22. The molecule has 3 rings (SSSR count). The van der Waals surface area contributed by atoms with E-state index < -0.39 is 17.7 Å². The number of amides is 2. The standard InChI is InChI=1S/C21H18Cl2N2O4/c1-12(26)24-10-11-25-18(13-2-6-15(22)7-3-13)17(20(28)21(25)29)19(27)14-4-8-16(23)9-5-14/h2-9,18,27H,10-11H2,1H3,(H,24,26)/b19-17+. The molecular weight excluding hydrogens is 415 g/mol. The van der Waals surface area contributed by atoms with Crippen molar-refractivity contribution in [2.45, 2.75) is 13.0 Å². The van der Waals surface area contributed by atoms with Crippen LogP contribution in [0.4, 0.5) is 0 Å². The third-order valence-corrected chi connectivity index (χ3v) is 5.07. The average molecular weight is 433 g/mol. The summed E-state index contributed by atoms with van der Waals surface area (Å²) >= 11 is 11.9. The molecule has 0 spiro atoms. The van der Waals surface area contributed by atoms with Crippen molar-refractivity contribution in [2.75, 3.05) is 13.1 Å². The summed E-state index contributed by atoms with van der Waals surface area (Å²) in [5, 5.41) is 14.5. The van der Waals surface area contributed by atoms with Crippen LogP contribution in [0.2, 0.25) is 10.0 Å². The minimum Gasteiger partial charge on any atom is -0.507 e. The van der Waals surface area contributed by atoms with Gasteiger partial charge in [0, 0.05) is 35.6 Å². The van der Waals surface area contributed by atoms with Gasteiger partial charge in [0.2, 0.25) is 5.91 Å². The van der Waals surface area contributed by atoms with E-state index in [0.717, 1.165) is 0 Å². The Hall–Kier alpha value is -2.83. The maximum Gasteiger partial charge on any atom is 0.295 e. The molecular formula is C21H18Cl2N2O4. The van der Waals surface area contributed by atoms with Crippen molar-refractivity contribution in [2.24, 2.45) is 0 Å². The Bertz CT molecular complexity index is 985. The first-order valence-electron chi connectivity index (χ1n) is 8.84. The van der Waals surface area contributed by atoms with Crippen LogP contribution in [0, 0.1) is 0 Å². The van der Waals surface area contributed by atoms with Crippen LogP contribution in [0.3, 0.4) is 0 Å². The van der Waals surface area contributed by atoms with Crippen molar-refractivity contribution in [1.29, 1.82) is 0 Å². The monoisotopic (exact) mass is 432 g/mol. The van der Waals surface area contributed by atoms with E-state index in [1.54, 1.807) is 48.5 Å². The van der Waals surface area contributed by atoms with Crippen LogP contribution in [-0.4, -0.2) is 40.7 Å². The minimum atomic E-state index is -0.809. The van der Waals surface area contributed by atoms with Gasteiger partial charge in [0.25, 0.3) is 11.7 Å². The molecule has 0 radical (unpaired) electrons. The van der Waals surface area contributed by atoms with E-state index in [-0.39, 0.29) is 30.3 Å². The van der Waals surface area contributed by atoms with Gasteiger partial charge in [-0.25, -0.2) is 0 Å². The molecule has 2 amide bonds. The average Bonchev–Trinajstić information content (AvgIpc) is 2.93. The lowest BCUT2D eigenvalue weighted by Crippen LogP contribution is -2.37. The molecule has 6 nitrogen and oxygen atoms in total. The number of aliphatic hydroxyl groups is 1. The molecule has 2 N–H and O–H groups in total. The van der Waals surface area contributed by atoms with Crippen molar-refractivity contribution >= 4 is 46.6 Å². The van der Waals surface area contributed by atoms with Gasteiger partial charge in [-0.15, -0.1) is 0 Å². The number of benzene rings is 2. The Labute approximate surface area is 177 Å². The molecule has 1 heterocycles. The third-order valence-electron chi connectivity index (χ3n) is 4.57. The maximum absolute atomic E-state index is 12.8. The van der Waals surface area contributed by atoms with Gasteiger partial charge < -0.3 is 15.3 Å². The van der Waals surface area contributed by atoms with Crippen LogP contribution in [-0.2, 0) is 14.4 Å². The van der Waals surface area contributed by atoms with Gasteiger partial charge in [-0.2, -0.15) is 0 Å². The van der Waals surface area contributed by atoms with Crippen molar-refractivity contribution in [3.8, 4) is 0 Å². The normalized spacial score (nSPS) is 18.2. The summed E-state index contributed by atoms with van der Waals surface area (Å²) in [6.07, 6.45) is 0. The summed E-state index contributed by atoms with van der Waals surface area (Å²) in [4.78, 5) is 38.0. The second-order valence-corrected chi connectivity index (χ2v) is 7.41. The first kappa shape index (κ1) is 20.9. The van der Waals surface area contributed by atoms with Gasteiger partial charge in [-0.3, -0.25) is 14.4 Å². The Morgan fingerprint density at radius 2 is 1.59 bits per heavy atom. The molecule has 0 saturated carbocycles. The molecule has 1 unspecified atom stereocenters. The van der Waals surface area contributed by atoms with Gasteiger partial charge in [0.1, 0.15) is 5.76 Å². The number of ketones is 1. The Balaban J connectivity index is 2.08. The number of carbonyl (C=O) groups excluding carboxylic acids is 3. The first-order valence-corrected chi connectivity index (χ1v) is 9.59. The second-order valence-electron chi connectivity index (χ2n) is 6.53. The predicted molar refractivity (Wildman–Crippen MR) is 111 cm³/mol. The summed E-state index contributed by atoms with van der Waals surface area (Å²) < 4.78 is 0. The van der Waals surface area contributed by atoms with Gasteiger partial charge >= 0.3 is 0 Å². The number of nitrogens with zero attached hydrogens (tertiary/aromatic N) is 1. The number of likely N-dealkylation sites (tertiary alicyclic amines) is 1. The molecule has 0 aliphatic carbocycles. The van der Waals surface area contributed by atoms with Crippen LogP contribution < -0.4 is 5.32 Å². The molecule has 29 heavy (non-hydrogen) atoms. The number of hydrogen-bond donors (Lipinski definition) is 2. The summed E-state index contributed by atoms with van der Waals surface area (Å²) in [7, 11) is 0. The van der Waals surface area contributed by atoms with Crippen LogP contribution in [0.1, 0.15) is 24.1 Å². The fraction of sp³-hybridized carbons (Fsp3) is 0.190. The zero-order valence-electron chi connectivity index (χ0n) is 15.5. The largest absolute Gasteiger partial charge is 0.507 e. The van der Waals surface area contributed by atoms with Crippen LogP contribution in [0.5, 0.6) is 0 Å². The van der Waals surface area contributed by atoms with Gasteiger partial charge in [-0.05, 0) is 42.0 Å². The highest BCUT2D eigenvalue weighted by Gasteiger charge is 2.45. The van der Waals surface area contributed by atoms with E-state index in [4.69, 9.17) is 23.2 Å². The lowest BCUT2D eigenvalue weighted by atomic mass is 9.95. The zero-order chi connectivity index (χ0) is 21.1. The topological polar surface area (TPSA) is 86.7 Å². The van der Waals surface area contributed by atoms with E-state index in [1.165, 1.54) is 11.8 Å². The summed E-state index contributed by atoms with van der Waals surface area (Å²) in [6.45, 7) is 1.65. The highest BCUT2D eigenvalue weighted by atomic mass is 35.5. The highest BCUT2D eigenvalue weighted by molar-refractivity contribution is 6.46. The molecule has 1 atom stereocenters. The van der Waals surface area contributed by atoms with Crippen molar-refractivity contribution < 1.29 is 19.5 Å². The Morgan fingerprint density at radius 1 is 1.03 bits per heavy atom. The van der Waals surface area contributed by atoms with E-state index in [1.807, 2.05) is 0 Å². The summed E-state index contributed by atoms with van der Waals surface area (Å²) in [6, 6.07) is 12.2. The molecule has 1 saturated heterocycles. The number of rotatable bonds is 5. The predicted octanol–water partition coefficient (Wildman–Crippen LogP) is 3.55. The van der Waals surface area contributed by atoms with Crippen molar-refractivity contribution in [1.82, 2.24) is 10.2 Å². The summed E-state index contributed by atoms with van der Waals surface area (Å²) in [5.74, 6) is -2.07. The number of nitrogens with one attached hydrogen (secondary N) is 1. The Morgan fingerprint density at radius 3 is 2.14 bits per heavy atom. The van der Waals surface area contributed by atoms with Crippen LogP contribution in [0.25, 0.3) is 5.76 Å². The van der Waals surface area contributed by atoms with Crippen LogP contribution >= 0.6 is 23.2 Å². The third kappa shape index (κ3) is 4.44.